The molecule has 1 saturated carbocycles. The molecule has 19 heavy (non-hydrogen) atoms. The van der Waals surface area contributed by atoms with Crippen LogP contribution in [0.1, 0.15) is 52.4 Å². The number of aliphatic hydroxyl groups is 2. The lowest BCUT2D eigenvalue weighted by atomic mass is 9.70. The summed E-state index contributed by atoms with van der Waals surface area (Å²) in [6.45, 7) is 8.31. The molecule has 2 N–H and O–H groups in total. The Morgan fingerprint density at radius 1 is 1.26 bits per heavy atom. The van der Waals surface area contributed by atoms with Crippen molar-refractivity contribution in [2.45, 2.75) is 58.5 Å². The maximum atomic E-state index is 10.2. The third kappa shape index (κ3) is 4.44. The molecule has 2 fully saturated rings. The first-order valence-electron chi connectivity index (χ1n) is 8.01. The van der Waals surface area contributed by atoms with Crippen LogP contribution < -0.4 is 0 Å². The summed E-state index contributed by atoms with van der Waals surface area (Å²) in [7, 11) is 0. The minimum atomic E-state index is -0.105. The summed E-state index contributed by atoms with van der Waals surface area (Å²) in [5, 5.41) is 19.3. The van der Waals surface area contributed by atoms with Gasteiger partial charge in [0.1, 0.15) is 0 Å². The number of hydrogen-bond acceptors (Lipinski definition) is 3. The molecule has 0 amide bonds. The zero-order chi connectivity index (χ0) is 13.9. The van der Waals surface area contributed by atoms with Gasteiger partial charge in [0.05, 0.1) is 6.10 Å². The van der Waals surface area contributed by atoms with E-state index in [9.17, 15) is 5.11 Å². The number of likely N-dealkylation sites (tertiary alicyclic amines) is 1. The van der Waals surface area contributed by atoms with Gasteiger partial charge in [-0.05, 0) is 62.3 Å². The van der Waals surface area contributed by atoms with Crippen molar-refractivity contribution in [1.29, 1.82) is 0 Å². The molecule has 112 valence electrons. The van der Waals surface area contributed by atoms with E-state index in [2.05, 4.69) is 18.7 Å². The molecule has 3 heteroatoms. The third-order valence-electron chi connectivity index (χ3n) is 5.11. The zero-order valence-electron chi connectivity index (χ0n) is 12.6. The highest BCUT2D eigenvalue weighted by Crippen LogP contribution is 2.39. The molecule has 0 aromatic heterocycles. The molecule has 1 aliphatic heterocycles. The Morgan fingerprint density at radius 3 is 2.79 bits per heavy atom. The Morgan fingerprint density at radius 2 is 2.05 bits per heavy atom. The van der Waals surface area contributed by atoms with E-state index >= 15 is 0 Å². The average molecular weight is 269 g/mol. The first-order valence-corrected chi connectivity index (χ1v) is 8.01. The number of aliphatic hydroxyl groups excluding tert-OH is 2. The van der Waals surface area contributed by atoms with Gasteiger partial charge in [0.15, 0.2) is 0 Å². The minimum absolute atomic E-state index is 0.105. The second-order valence-corrected chi connectivity index (χ2v) is 7.51. The van der Waals surface area contributed by atoms with Gasteiger partial charge in [0.25, 0.3) is 0 Å². The summed E-state index contributed by atoms with van der Waals surface area (Å²) in [5.74, 6) is 1.10. The van der Waals surface area contributed by atoms with Crippen molar-refractivity contribution in [3.63, 3.8) is 0 Å². The zero-order valence-corrected chi connectivity index (χ0v) is 12.6. The molecule has 1 saturated heterocycles. The summed E-state index contributed by atoms with van der Waals surface area (Å²) >= 11 is 0. The molecule has 0 aromatic carbocycles. The van der Waals surface area contributed by atoms with Gasteiger partial charge in [-0.1, -0.05) is 13.8 Å². The van der Waals surface area contributed by atoms with E-state index in [0.29, 0.717) is 23.9 Å². The van der Waals surface area contributed by atoms with Crippen LogP contribution in [0.3, 0.4) is 0 Å². The van der Waals surface area contributed by atoms with Crippen LogP contribution in [0.5, 0.6) is 0 Å². The molecular weight excluding hydrogens is 238 g/mol. The Labute approximate surface area is 118 Å². The van der Waals surface area contributed by atoms with Crippen LogP contribution in [0.4, 0.5) is 0 Å². The van der Waals surface area contributed by atoms with Gasteiger partial charge in [0.2, 0.25) is 0 Å². The van der Waals surface area contributed by atoms with E-state index in [-0.39, 0.29) is 6.10 Å². The first-order chi connectivity index (χ1) is 9.00. The lowest BCUT2D eigenvalue weighted by molar-refractivity contribution is -0.00296. The normalized spacial score (nSPS) is 36.3. The molecular formula is C16H31NO2. The highest BCUT2D eigenvalue weighted by atomic mass is 16.3. The van der Waals surface area contributed by atoms with Crippen LogP contribution in [0.2, 0.25) is 0 Å². The fraction of sp³-hybridized carbons (Fsp3) is 1.00. The van der Waals surface area contributed by atoms with Gasteiger partial charge < -0.3 is 15.1 Å². The Hall–Kier alpha value is -0.120. The average Bonchev–Trinajstić information content (AvgIpc) is 2.35. The van der Waals surface area contributed by atoms with Crippen molar-refractivity contribution in [2.24, 2.45) is 17.3 Å². The fourth-order valence-corrected chi connectivity index (χ4v) is 3.98. The van der Waals surface area contributed by atoms with Gasteiger partial charge in [0, 0.05) is 19.7 Å². The lowest BCUT2D eigenvalue weighted by Gasteiger charge is -2.42. The molecule has 1 aliphatic carbocycles. The third-order valence-corrected chi connectivity index (χ3v) is 5.11. The van der Waals surface area contributed by atoms with Crippen LogP contribution in [-0.4, -0.2) is 47.5 Å². The molecule has 3 unspecified atom stereocenters. The predicted octanol–water partition coefficient (Wildman–Crippen LogP) is 2.27. The van der Waals surface area contributed by atoms with Crippen molar-refractivity contribution in [2.75, 3.05) is 26.2 Å². The summed E-state index contributed by atoms with van der Waals surface area (Å²) < 4.78 is 0. The van der Waals surface area contributed by atoms with Crippen molar-refractivity contribution >= 4 is 0 Å². The van der Waals surface area contributed by atoms with E-state index < -0.39 is 0 Å². The fourth-order valence-electron chi connectivity index (χ4n) is 3.98. The van der Waals surface area contributed by atoms with Crippen molar-refractivity contribution < 1.29 is 10.2 Å². The van der Waals surface area contributed by atoms with Crippen LogP contribution in [0.25, 0.3) is 0 Å². The predicted molar refractivity (Wildman–Crippen MR) is 78.0 cm³/mol. The topological polar surface area (TPSA) is 43.7 Å². The van der Waals surface area contributed by atoms with Crippen molar-refractivity contribution in [3.8, 4) is 0 Å². The Bertz CT molecular complexity index is 278. The summed E-state index contributed by atoms with van der Waals surface area (Å²) in [6, 6.07) is 0. The van der Waals surface area contributed by atoms with Crippen molar-refractivity contribution in [1.82, 2.24) is 4.90 Å². The highest BCUT2D eigenvalue weighted by Gasteiger charge is 2.35. The van der Waals surface area contributed by atoms with E-state index in [1.807, 2.05) is 0 Å². The number of nitrogens with zero attached hydrogens (tertiary/aromatic N) is 1. The monoisotopic (exact) mass is 269 g/mol. The van der Waals surface area contributed by atoms with E-state index in [1.165, 1.54) is 19.4 Å². The summed E-state index contributed by atoms with van der Waals surface area (Å²) in [5.41, 5.74) is 0.393. The number of rotatable bonds is 4. The van der Waals surface area contributed by atoms with Crippen LogP contribution in [0, 0.1) is 17.3 Å². The maximum Gasteiger partial charge on any atom is 0.0581 e. The van der Waals surface area contributed by atoms with Crippen LogP contribution >= 0.6 is 0 Å². The molecule has 0 radical (unpaired) electrons. The second-order valence-electron chi connectivity index (χ2n) is 7.51. The quantitative estimate of drug-likeness (QED) is 0.823. The van der Waals surface area contributed by atoms with E-state index in [4.69, 9.17) is 5.11 Å². The van der Waals surface area contributed by atoms with Crippen LogP contribution in [-0.2, 0) is 0 Å². The molecule has 0 aromatic rings. The van der Waals surface area contributed by atoms with Gasteiger partial charge >= 0.3 is 0 Å². The molecule has 1 heterocycles. The Kier molecular flexibility index (Phi) is 5.27. The highest BCUT2D eigenvalue weighted by molar-refractivity contribution is 4.87. The molecule has 0 bridgehead atoms. The second kappa shape index (κ2) is 6.55. The minimum Gasteiger partial charge on any atom is -0.396 e. The smallest absolute Gasteiger partial charge is 0.0581 e. The largest absolute Gasteiger partial charge is 0.396 e. The van der Waals surface area contributed by atoms with Gasteiger partial charge in [-0.15, -0.1) is 0 Å². The molecule has 3 atom stereocenters. The van der Waals surface area contributed by atoms with Gasteiger partial charge in [-0.25, -0.2) is 0 Å². The van der Waals surface area contributed by atoms with E-state index in [0.717, 1.165) is 38.8 Å². The van der Waals surface area contributed by atoms with Crippen molar-refractivity contribution in [3.05, 3.63) is 0 Å². The summed E-state index contributed by atoms with van der Waals surface area (Å²) in [4.78, 5) is 2.53. The van der Waals surface area contributed by atoms with Crippen LogP contribution in [0.15, 0.2) is 0 Å². The Balaban J connectivity index is 1.85. The molecule has 2 rings (SSSR count). The molecule has 0 spiro atoms. The number of piperidine rings is 1. The summed E-state index contributed by atoms with van der Waals surface area (Å²) in [6.07, 6.45) is 6.60. The lowest BCUT2D eigenvalue weighted by Crippen LogP contribution is -2.44. The maximum absolute atomic E-state index is 10.2. The van der Waals surface area contributed by atoms with E-state index in [1.54, 1.807) is 0 Å². The number of hydrogen-bond donors (Lipinski definition) is 2. The van der Waals surface area contributed by atoms with Gasteiger partial charge in [-0.2, -0.15) is 0 Å². The standard InChI is InChI=1S/C16H31NO2/c1-16(2)7-5-15(19)14(10-16)12-17-8-3-4-13(11-17)6-9-18/h13-15,18-19H,3-12H2,1-2H3. The first kappa shape index (κ1) is 15.3. The molecule has 2 aliphatic rings. The molecule has 3 nitrogen and oxygen atoms in total. The van der Waals surface area contributed by atoms with Gasteiger partial charge in [-0.3, -0.25) is 0 Å². The SMILES string of the molecule is CC1(C)CCC(O)C(CN2CCCC(CCO)C2)C1.